The molecule has 1 heterocycles. The van der Waals surface area contributed by atoms with Crippen LogP contribution in [0.25, 0.3) is 0 Å². The van der Waals surface area contributed by atoms with Crippen molar-refractivity contribution in [1.82, 2.24) is 15.2 Å². The van der Waals surface area contributed by atoms with E-state index in [0.29, 0.717) is 6.04 Å². The zero-order valence-electron chi connectivity index (χ0n) is 12.9. The van der Waals surface area contributed by atoms with Gasteiger partial charge in [0.05, 0.1) is 5.69 Å². The molecule has 1 rings (SSSR count). The summed E-state index contributed by atoms with van der Waals surface area (Å²) in [6, 6.07) is 4.96. The first-order valence-electron chi connectivity index (χ1n) is 7.53. The SMILES string of the molecule is CCCCN(Cc1ccc(CNC)cn1)C(C)CC. The van der Waals surface area contributed by atoms with Gasteiger partial charge in [-0.1, -0.05) is 26.3 Å². The van der Waals surface area contributed by atoms with Crippen LogP contribution in [-0.2, 0) is 13.1 Å². The molecule has 0 saturated carbocycles. The van der Waals surface area contributed by atoms with E-state index in [0.717, 1.165) is 13.1 Å². The maximum Gasteiger partial charge on any atom is 0.0544 e. The van der Waals surface area contributed by atoms with Crippen molar-refractivity contribution >= 4 is 0 Å². The monoisotopic (exact) mass is 263 g/mol. The minimum Gasteiger partial charge on any atom is -0.316 e. The Kier molecular flexibility index (Phi) is 7.68. The van der Waals surface area contributed by atoms with Crippen LogP contribution < -0.4 is 5.32 Å². The van der Waals surface area contributed by atoms with E-state index in [2.05, 4.69) is 48.1 Å². The molecule has 0 aliphatic heterocycles. The molecule has 1 atom stereocenters. The van der Waals surface area contributed by atoms with Gasteiger partial charge < -0.3 is 5.32 Å². The third-order valence-corrected chi connectivity index (χ3v) is 3.65. The van der Waals surface area contributed by atoms with Crippen LogP contribution in [0.4, 0.5) is 0 Å². The van der Waals surface area contributed by atoms with Crippen LogP contribution in [-0.4, -0.2) is 29.5 Å². The lowest BCUT2D eigenvalue weighted by Crippen LogP contribution is -2.33. The number of unbranched alkanes of at least 4 members (excludes halogenated alkanes) is 1. The topological polar surface area (TPSA) is 28.2 Å². The normalized spacial score (nSPS) is 12.9. The number of nitrogens with zero attached hydrogens (tertiary/aromatic N) is 2. The number of hydrogen-bond acceptors (Lipinski definition) is 3. The van der Waals surface area contributed by atoms with Crippen LogP contribution in [0.5, 0.6) is 0 Å². The summed E-state index contributed by atoms with van der Waals surface area (Å²) in [6.07, 6.45) is 5.70. The van der Waals surface area contributed by atoms with Gasteiger partial charge in [-0.05, 0) is 45.0 Å². The van der Waals surface area contributed by atoms with Crippen molar-refractivity contribution in [1.29, 1.82) is 0 Å². The Balaban J connectivity index is 2.61. The fraction of sp³-hybridized carbons (Fsp3) is 0.688. The Morgan fingerprint density at radius 1 is 1.32 bits per heavy atom. The van der Waals surface area contributed by atoms with Gasteiger partial charge in [0.1, 0.15) is 0 Å². The van der Waals surface area contributed by atoms with Gasteiger partial charge in [-0.2, -0.15) is 0 Å². The van der Waals surface area contributed by atoms with Gasteiger partial charge in [0, 0.05) is 25.3 Å². The third kappa shape index (κ3) is 5.70. The summed E-state index contributed by atoms with van der Waals surface area (Å²) in [6.45, 7) is 9.84. The molecular formula is C16H29N3. The highest BCUT2D eigenvalue weighted by Gasteiger charge is 2.12. The minimum absolute atomic E-state index is 0.630. The number of pyridine rings is 1. The van der Waals surface area contributed by atoms with Gasteiger partial charge in [0.15, 0.2) is 0 Å². The van der Waals surface area contributed by atoms with Crippen molar-refractivity contribution in [2.45, 2.75) is 59.2 Å². The molecule has 0 aliphatic rings. The van der Waals surface area contributed by atoms with E-state index in [1.54, 1.807) is 0 Å². The molecule has 0 fully saturated rings. The molecule has 1 aromatic heterocycles. The smallest absolute Gasteiger partial charge is 0.0544 e. The number of rotatable bonds is 9. The Labute approximate surface area is 118 Å². The fourth-order valence-corrected chi connectivity index (χ4v) is 2.14. The zero-order valence-corrected chi connectivity index (χ0v) is 12.9. The van der Waals surface area contributed by atoms with E-state index in [9.17, 15) is 0 Å². The van der Waals surface area contributed by atoms with E-state index in [1.165, 1.54) is 37.1 Å². The molecular weight excluding hydrogens is 234 g/mol. The van der Waals surface area contributed by atoms with Crippen LogP contribution in [0.3, 0.4) is 0 Å². The van der Waals surface area contributed by atoms with Crippen molar-refractivity contribution in [2.75, 3.05) is 13.6 Å². The number of nitrogens with one attached hydrogen (secondary N) is 1. The molecule has 0 radical (unpaired) electrons. The van der Waals surface area contributed by atoms with Gasteiger partial charge in [0.25, 0.3) is 0 Å². The Morgan fingerprint density at radius 2 is 2.11 bits per heavy atom. The second kappa shape index (κ2) is 9.05. The van der Waals surface area contributed by atoms with E-state index in [4.69, 9.17) is 0 Å². The summed E-state index contributed by atoms with van der Waals surface area (Å²) in [7, 11) is 1.96. The molecule has 0 spiro atoms. The van der Waals surface area contributed by atoms with Gasteiger partial charge in [-0.3, -0.25) is 9.88 Å². The fourth-order valence-electron chi connectivity index (χ4n) is 2.14. The molecule has 1 N–H and O–H groups in total. The molecule has 0 saturated heterocycles. The van der Waals surface area contributed by atoms with E-state index in [1.807, 2.05) is 13.2 Å². The Bertz CT molecular complexity index is 334. The molecule has 3 nitrogen and oxygen atoms in total. The molecule has 0 amide bonds. The van der Waals surface area contributed by atoms with Crippen LogP contribution in [0.1, 0.15) is 51.3 Å². The van der Waals surface area contributed by atoms with Crippen molar-refractivity contribution in [3.05, 3.63) is 29.6 Å². The summed E-state index contributed by atoms with van der Waals surface area (Å²) >= 11 is 0. The van der Waals surface area contributed by atoms with E-state index < -0.39 is 0 Å². The Hall–Kier alpha value is -0.930. The zero-order chi connectivity index (χ0) is 14.1. The van der Waals surface area contributed by atoms with Crippen LogP contribution in [0, 0.1) is 0 Å². The van der Waals surface area contributed by atoms with Crippen LogP contribution in [0.2, 0.25) is 0 Å². The molecule has 1 unspecified atom stereocenters. The van der Waals surface area contributed by atoms with Crippen molar-refractivity contribution in [3.63, 3.8) is 0 Å². The maximum atomic E-state index is 4.58. The number of aromatic nitrogens is 1. The first-order chi connectivity index (χ1) is 9.21. The van der Waals surface area contributed by atoms with E-state index >= 15 is 0 Å². The van der Waals surface area contributed by atoms with Gasteiger partial charge in [0.2, 0.25) is 0 Å². The van der Waals surface area contributed by atoms with Crippen molar-refractivity contribution < 1.29 is 0 Å². The lowest BCUT2D eigenvalue weighted by atomic mass is 10.1. The van der Waals surface area contributed by atoms with Gasteiger partial charge in [-0.25, -0.2) is 0 Å². The molecule has 108 valence electrons. The standard InChI is InChI=1S/C16H29N3/c1-5-7-10-19(14(3)6-2)13-16-9-8-15(11-17-4)12-18-16/h8-9,12,14,17H,5-7,10-11,13H2,1-4H3. The highest BCUT2D eigenvalue weighted by Crippen LogP contribution is 2.11. The molecule has 3 heteroatoms. The Morgan fingerprint density at radius 3 is 2.63 bits per heavy atom. The highest BCUT2D eigenvalue weighted by molar-refractivity contribution is 5.14. The number of hydrogen-bond donors (Lipinski definition) is 1. The highest BCUT2D eigenvalue weighted by atomic mass is 15.2. The van der Waals surface area contributed by atoms with Crippen LogP contribution in [0.15, 0.2) is 18.3 Å². The second-order valence-corrected chi connectivity index (χ2v) is 5.27. The van der Waals surface area contributed by atoms with Gasteiger partial charge in [-0.15, -0.1) is 0 Å². The van der Waals surface area contributed by atoms with Crippen LogP contribution >= 0.6 is 0 Å². The predicted molar refractivity (Wildman–Crippen MR) is 82.1 cm³/mol. The summed E-state index contributed by atoms with van der Waals surface area (Å²) in [5.74, 6) is 0. The maximum absolute atomic E-state index is 4.58. The predicted octanol–water partition coefficient (Wildman–Crippen LogP) is 3.20. The van der Waals surface area contributed by atoms with Gasteiger partial charge >= 0.3 is 0 Å². The second-order valence-electron chi connectivity index (χ2n) is 5.27. The first-order valence-corrected chi connectivity index (χ1v) is 7.53. The molecule has 0 aliphatic carbocycles. The largest absolute Gasteiger partial charge is 0.316 e. The summed E-state index contributed by atoms with van der Waals surface area (Å²) < 4.78 is 0. The van der Waals surface area contributed by atoms with Crippen molar-refractivity contribution in [2.24, 2.45) is 0 Å². The summed E-state index contributed by atoms with van der Waals surface area (Å²) in [5, 5.41) is 3.15. The van der Waals surface area contributed by atoms with Crippen molar-refractivity contribution in [3.8, 4) is 0 Å². The average molecular weight is 263 g/mol. The average Bonchev–Trinajstić information content (AvgIpc) is 2.44. The molecule has 1 aromatic rings. The lowest BCUT2D eigenvalue weighted by Gasteiger charge is -2.28. The summed E-state index contributed by atoms with van der Waals surface area (Å²) in [5.41, 5.74) is 2.42. The van der Waals surface area contributed by atoms with E-state index in [-0.39, 0.29) is 0 Å². The first kappa shape index (κ1) is 16.1. The third-order valence-electron chi connectivity index (χ3n) is 3.65. The molecule has 0 bridgehead atoms. The minimum atomic E-state index is 0.630. The molecule has 19 heavy (non-hydrogen) atoms. The summed E-state index contributed by atoms with van der Waals surface area (Å²) in [4.78, 5) is 7.13. The lowest BCUT2D eigenvalue weighted by molar-refractivity contribution is 0.190. The molecule has 0 aromatic carbocycles. The quantitative estimate of drug-likeness (QED) is 0.741.